The van der Waals surface area contributed by atoms with E-state index in [1.807, 2.05) is 0 Å². The largest absolute Gasteiger partial charge is 0.491 e. The highest BCUT2D eigenvalue weighted by Gasteiger charge is 2.00. The van der Waals surface area contributed by atoms with E-state index in [0.29, 0.717) is 18.3 Å². The zero-order valence-corrected chi connectivity index (χ0v) is 7.91. The van der Waals surface area contributed by atoms with Crippen molar-refractivity contribution in [2.45, 2.75) is 20.3 Å². The van der Waals surface area contributed by atoms with Gasteiger partial charge in [-0.25, -0.2) is 5.10 Å². The molecule has 1 atom stereocenters. The molecule has 0 spiro atoms. The fourth-order valence-electron chi connectivity index (χ4n) is 0.794. The van der Waals surface area contributed by atoms with Gasteiger partial charge < -0.3 is 4.74 Å². The molecule has 1 aromatic rings. The number of hydrogen-bond donors (Lipinski definition) is 1. The third-order valence-electron chi connectivity index (χ3n) is 1.87. The molecule has 0 unspecified atom stereocenters. The summed E-state index contributed by atoms with van der Waals surface area (Å²) in [6.07, 6.45) is 2.57. The molecule has 13 heavy (non-hydrogen) atoms. The number of rotatable bonds is 4. The second-order valence-corrected chi connectivity index (χ2v) is 3.11. The second-order valence-electron chi connectivity index (χ2n) is 3.11. The van der Waals surface area contributed by atoms with E-state index in [9.17, 15) is 4.79 Å². The summed E-state index contributed by atoms with van der Waals surface area (Å²) in [5, 5.41) is 5.91. The molecule has 4 heteroatoms. The monoisotopic (exact) mass is 182 g/mol. The molecule has 0 aliphatic rings. The minimum Gasteiger partial charge on any atom is -0.491 e. The first-order chi connectivity index (χ1) is 6.22. The van der Waals surface area contributed by atoms with E-state index in [1.165, 1.54) is 12.3 Å². The molecule has 4 nitrogen and oxygen atoms in total. The van der Waals surface area contributed by atoms with Crippen molar-refractivity contribution in [3.8, 4) is 5.75 Å². The van der Waals surface area contributed by atoms with Gasteiger partial charge in [0.2, 0.25) is 0 Å². The summed E-state index contributed by atoms with van der Waals surface area (Å²) in [6.45, 7) is 4.83. The average Bonchev–Trinajstić information content (AvgIpc) is 2.14. The molecule has 0 saturated heterocycles. The van der Waals surface area contributed by atoms with E-state index in [2.05, 4.69) is 24.0 Å². The smallest absolute Gasteiger partial charge is 0.267 e. The Bertz CT molecular complexity index is 308. The number of aromatic nitrogens is 2. The average molecular weight is 182 g/mol. The maximum atomic E-state index is 10.8. The lowest BCUT2D eigenvalue weighted by molar-refractivity contribution is 0.255. The molecule has 0 aliphatic heterocycles. The minimum absolute atomic E-state index is 0.235. The highest BCUT2D eigenvalue weighted by atomic mass is 16.5. The highest BCUT2D eigenvalue weighted by Crippen LogP contribution is 2.07. The van der Waals surface area contributed by atoms with Crippen molar-refractivity contribution < 1.29 is 4.74 Å². The van der Waals surface area contributed by atoms with Gasteiger partial charge in [-0.15, -0.1) is 0 Å². The van der Waals surface area contributed by atoms with E-state index < -0.39 is 0 Å². The van der Waals surface area contributed by atoms with Crippen molar-refractivity contribution in [2.24, 2.45) is 5.92 Å². The fourth-order valence-corrected chi connectivity index (χ4v) is 0.794. The van der Waals surface area contributed by atoms with Gasteiger partial charge in [-0.1, -0.05) is 20.3 Å². The lowest BCUT2D eigenvalue weighted by atomic mass is 10.1. The number of aromatic amines is 1. The first-order valence-electron chi connectivity index (χ1n) is 4.40. The lowest BCUT2D eigenvalue weighted by Crippen LogP contribution is -2.11. The van der Waals surface area contributed by atoms with Crippen LogP contribution in [-0.2, 0) is 0 Å². The number of nitrogens with one attached hydrogen (secondary N) is 1. The van der Waals surface area contributed by atoms with Crippen LogP contribution in [0.1, 0.15) is 20.3 Å². The normalized spacial score (nSPS) is 12.5. The van der Waals surface area contributed by atoms with Crippen molar-refractivity contribution in [1.82, 2.24) is 10.2 Å². The van der Waals surface area contributed by atoms with Gasteiger partial charge in [-0.05, 0) is 5.92 Å². The van der Waals surface area contributed by atoms with Crippen molar-refractivity contribution >= 4 is 0 Å². The van der Waals surface area contributed by atoms with Crippen LogP contribution in [0.15, 0.2) is 17.1 Å². The molecule has 0 aromatic carbocycles. The zero-order valence-electron chi connectivity index (χ0n) is 7.91. The summed E-state index contributed by atoms with van der Waals surface area (Å²) >= 11 is 0. The third-order valence-corrected chi connectivity index (χ3v) is 1.87. The lowest BCUT2D eigenvalue weighted by Gasteiger charge is -2.09. The van der Waals surface area contributed by atoms with Crippen molar-refractivity contribution in [3.63, 3.8) is 0 Å². The van der Waals surface area contributed by atoms with E-state index in [4.69, 9.17) is 4.74 Å². The Morgan fingerprint density at radius 2 is 2.46 bits per heavy atom. The summed E-state index contributed by atoms with van der Waals surface area (Å²) in [5.41, 5.74) is -0.235. The molecule has 1 N–H and O–H groups in total. The van der Waals surface area contributed by atoms with Gasteiger partial charge in [0.25, 0.3) is 5.56 Å². The molecule has 72 valence electrons. The number of H-pyrrole nitrogens is 1. The Labute approximate surface area is 76.9 Å². The first kappa shape index (κ1) is 9.77. The molecule has 0 saturated carbocycles. The van der Waals surface area contributed by atoms with Crippen LogP contribution < -0.4 is 10.3 Å². The van der Waals surface area contributed by atoms with Crippen molar-refractivity contribution in [2.75, 3.05) is 6.61 Å². The fraction of sp³-hybridized carbons (Fsp3) is 0.556. The number of ether oxygens (including phenoxy) is 1. The summed E-state index contributed by atoms with van der Waals surface area (Å²) < 4.78 is 5.36. The Hall–Kier alpha value is -1.32. The van der Waals surface area contributed by atoms with E-state index in [1.54, 1.807) is 0 Å². The first-order valence-corrected chi connectivity index (χ1v) is 4.40. The maximum absolute atomic E-state index is 10.8. The minimum atomic E-state index is -0.235. The molecule has 0 bridgehead atoms. The molecule has 1 heterocycles. The van der Waals surface area contributed by atoms with Crippen molar-refractivity contribution in [1.29, 1.82) is 0 Å². The van der Waals surface area contributed by atoms with E-state index in [-0.39, 0.29) is 5.56 Å². The Morgan fingerprint density at radius 3 is 3.08 bits per heavy atom. The second kappa shape index (κ2) is 4.64. The molecule has 0 fully saturated rings. The predicted molar refractivity (Wildman–Crippen MR) is 49.8 cm³/mol. The van der Waals surface area contributed by atoms with Gasteiger partial charge in [-0.3, -0.25) is 4.79 Å². The van der Waals surface area contributed by atoms with Crippen LogP contribution >= 0.6 is 0 Å². The summed E-state index contributed by atoms with van der Waals surface area (Å²) in [5.74, 6) is 1.03. The molecular weight excluding hydrogens is 168 g/mol. The van der Waals surface area contributed by atoms with Gasteiger partial charge in [0.05, 0.1) is 12.8 Å². The zero-order chi connectivity index (χ0) is 9.68. The number of nitrogens with zero attached hydrogens (tertiary/aromatic N) is 1. The topological polar surface area (TPSA) is 55.0 Å². The SMILES string of the molecule is CC[C@@H](C)COc1cn[nH]c(=O)c1. The van der Waals surface area contributed by atoms with Gasteiger partial charge >= 0.3 is 0 Å². The van der Waals surface area contributed by atoms with E-state index >= 15 is 0 Å². The molecule has 0 aliphatic carbocycles. The van der Waals surface area contributed by atoms with E-state index in [0.717, 1.165) is 6.42 Å². The Kier molecular flexibility index (Phi) is 3.49. The molecule has 1 aromatic heterocycles. The highest BCUT2D eigenvalue weighted by molar-refractivity contribution is 5.12. The molecule has 0 amide bonds. The summed E-state index contributed by atoms with van der Waals surface area (Å²) in [4.78, 5) is 10.8. The van der Waals surface area contributed by atoms with Crippen molar-refractivity contribution in [3.05, 3.63) is 22.6 Å². The van der Waals surface area contributed by atoms with Crippen LogP contribution in [0.3, 0.4) is 0 Å². The Morgan fingerprint density at radius 1 is 1.69 bits per heavy atom. The van der Waals surface area contributed by atoms with Gasteiger partial charge in [0.1, 0.15) is 5.75 Å². The molecule has 0 radical (unpaired) electrons. The quantitative estimate of drug-likeness (QED) is 0.761. The van der Waals surface area contributed by atoms with Crippen LogP contribution in [0.4, 0.5) is 0 Å². The van der Waals surface area contributed by atoms with Crippen LogP contribution in [0.2, 0.25) is 0 Å². The van der Waals surface area contributed by atoms with Crippen LogP contribution in [0.5, 0.6) is 5.75 Å². The Balaban J connectivity index is 2.50. The van der Waals surface area contributed by atoms with Gasteiger partial charge in [-0.2, -0.15) is 5.10 Å². The summed E-state index contributed by atoms with van der Waals surface area (Å²) in [7, 11) is 0. The number of hydrogen-bond acceptors (Lipinski definition) is 3. The molecule has 1 rings (SSSR count). The summed E-state index contributed by atoms with van der Waals surface area (Å²) in [6, 6.07) is 1.40. The van der Waals surface area contributed by atoms with Gasteiger partial charge in [0.15, 0.2) is 0 Å². The predicted octanol–water partition coefficient (Wildman–Crippen LogP) is 1.19. The molecular formula is C9H14N2O2. The van der Waals surface area contributed by atoms with Crippen LogP contribution in [-0.4, -0.2) is 16.8 Å². The van der Waals surface area contributed by atoms with Crippen LogP contribution in [0, 0.1) is 5.92 Å². The van der Waals surface area contributed by atoms with Gasteiger partial charge in [0, 0.05) is 6.07 Å². The maximum Gasteiger partial charge on any atom is 0.267 e. The van der Waals surface area contributed by atoms with Crippen LogP contribution in [0.25, 0.3) is 0 Å². The third kappa shape index (κ3) is 3.27. The standard InChI is InChI=1S/C9H14N2O2/c1-3-7(2)6-13-8-4-9(12)11-10-5-8/h4-5,7H,3,6H2,1-2H3,(H,11,12)/t7-/m1/s1.